The Morgan fingerprint density at radius 1 is 1.20 bits per heavy atom. The second-order valence-electron chi connectivity index (χ2n) is 7.16. The summed E-state index contributed by atoms with van der Waals surface area (Å²) in [5.74, 6) is 0.999. The number of amides is 1. The number of hydrogen-bond donors (Lipinski definition) is 1. The molecule has 1 N–H and O–H groups in total. The van der Waals surface area contributed by atoms with E-state index in [1.165, 1.54) is 38.5 Å². The maximum absolute atomic E-state index is 12.3. The van der Waals surface area contributed by atoms with Gasteiger partial charge in [0, 0.05) is 18.3 Å². The number of rotatable bonds is 4. The summed E-state index contributed by atoms with van der Waals surface area (Å²) in [6, 6.07) is 0.476. The van der Waals surface area contributed by atoms with Crippen molar-refractivity contribution in [2.24, 2.45) is 5.41 Å². The highest BCUT2D eigenvalue weighted by atomic mass is 32.2. The average molecular weight is 298 g/mol. The molecule has 1 saturated heterocycles. The van der Waals surface area contributed by atoms with Gasteiger partial charge in [-0.2, -0.15) is 0 Å². The summed E-state index contributed by atoms with van der Waals surface area (Å²) in [6.07, 6.45) is 7.26. The van der Waals surface area contributed by atoms with Gasteiger partial charge in [0.15, 0.2) is 0 Å². The minimum absolute atomic E-state index is 0.332. The zero-order valence-electron chi connectivity index (χ0n) is 13.3. The van der Waals surface area contributed by atoms with Crippen molar-refractivity contribution in [2.45, 2.75) is 63.7 Å². The number of nitrogens with one attached hydrogen (secondary N) is 1. The fraction of sp³-hybridized carbons (Fsp3) is 0.938. The fourth-order valence-electron chi connectivity index (χ4n) is 3.23. The summed E-state index contributed by atoms with van der Waals surface area (Å²) in [5.41, 5.74) is 0.476. The van der Waals surface area contributed by atoms with Gasteiger partial charge >= 0.3 is 0 Å². The average Bonchev–Trinajstić information content (AvgIpc) is 2.45. The number of piperidine rings is 1. The summed E-state index contributed by atoms with van der Waals surface area (Å²) < 4.78 is 0. The van der Waals surface area contributed by atoms with Crippen LogP contribution in [-0.4, -0.2) is 48.0 Å². The number of hydrogen-bond acceptors (Lipinski definition) is 3. The molecule has 0 aromatic rings. The molecule has 0 bridgehead atoms. The van der Waals surface area contributed by atoms with Gasteiger partial charge in [-0.25, -0.2) is 0 Å². The topological polar surface area (TPSA) is 32.3 Å². The maximum atomic E-state index is 12.3. The molecular weight excluding hydrogens is 268 g/mol. The maximum Gasteiger partial charge on any atom is 0.232 e. The summed E-state index contributed by atoms with van der Waals surface area (Å²) in [5, 5.41) is 4.06. The van der Waals surface area contributed by atoms with Crippen LogP contribution < -0.4 is 5.32 Å². The Morgan fingerprint density at radius 2 is 1.80 bits per heavy atom. The van der Waals surface area contributed by atoms with E-state index >= 15 is 0 Å². The highest BCUT2D eigenvalue weighted by molar-refractivity contribution is 8.00. The molecule has 20 heavy (non-hydrogen) atoms. The van der Waals surface area contributed by atoms with Crippen LogP contribution in [0.1, 0.15) is 52.4 Å². The summed E-state index contributed by atoms with van der Waals surface area (Å²) in [4.78, 5) is 14.4. The van der Waals surface area contributed by atoms with Gasteiger partial charge in [-0.3, -0.25) is 4.79 Å². The van der Waals surface area contributed by atoms with Crippen molar-refractivity contribution in [1.82, 2.24) is 10.2 Å². The van der Waals surface area contributed by atoms with E-state index in [0.29, 0.717) is 28.4 Å². The molecule has 1 aliphatic carbocycles. The zero-order valence-corrected chi connectivity index (χ0v) is 14.1. The number of nitrogens with zero attached hydrogens (tertiary/aromatic N) is 1. The second-order valence-corrected chi connectivity index (χ2v) is 8.45. The lowest BCUT2D eigenvalue weighted by molar-refractivity contribution is -0.130. The SMILES string of the molecule is CN(C(=O)CSC1CCNCC1)C1CCC(C)(C)CC1. The molecule has 1 aliphatic heterocycles. The van der Waals surface area contributed by atoms with Crippen LogP contribution in [0, 0.1) is 5.41 Å². The van der Waals surface area contributed by atoms with Crippen LogP contribution in [0.5, 0.6) is 0 Å². The molecule has 2 fully saturated rings. The standard InChI is InChI=1S/C16H30N2OS/c1-16(2)8-4-13(5-9-16)18(3)15(19)12-20-14-6-10-17-11-7-14/h13-14,17H,4-12H2,1-3H3. The summed E-state index contributed by atoms with van der Waals surface area (Å²) >= 11 is 1.87. The van der Waals surface area contributed by atoms with Crippen molar-refractivity contribution in [3.8, 4) is 0 Å². The zero-order chi connectivity index (χ0) is 14.6. The first-order chi connectivity index (χ1) is 9.48. The number of thioether (sulfide) groups is 1. The van der Waals surface area contributed by atoms with Gasteiger partial charge in [0.05, 0.1) is 5.75 Å². The molecule has 0 radical (unpaired) electrons. The third-order valence-corrected chi connectivity index (χ3v) is 6.33. The molecule has 0 spiro atoms. The van der Waals surface area contributed by atoms with Gasteiger partial charge < -0.3 is 10.2 Å². The Hall–Kier alpha value is -0.220. The van der Waals surface area contributed by atoms with E-state index < -0.39 is 0 Å². The number of carbonyl (C=O) groups is 1. The first kappa shape index (κ1) is 16.2. The van der Waals surface area contributed by atoms with Crippen molar-refractivity contribution in [3.05, 3.63) is 0 Å². The van der Waals surface area contributed by atoms with Crippen LogP contribution in [0.25, 0.3) is 0 Å². The molecule has 3 nitrogen and oxygen atoms in total. The molecule has 4 heteroatoms. The Balaban J connectivity index is 1.71. The van der Waals surface area contributed by atoms with Crippen LogP contribution >= 0.6 is 11.8 Å². The molecule has 0 atom stereocenters. The molecule has 0 aromatic carbocycles. The molecule has 1 saturated carbocycles. The normalized spacial score (nSPS) is 24.6. The van der Waals surface area contributed by atoms with E-state index in [0.717, 1.165) is 13.1 Å². The van der Waals surface area contributed by atoms with E-state index in [9.17, 15) is 4.79 Å². The lowest BCUT2D eigenvalue weighted by atomic mass is 9.75. The van der Waals surface area contributed by atoms with Gasteiger partial charge in [0.2, 0.25) is 5.91 Å². The van der Waals surface area contributed by atoms with Gasteiger partial charge in [-0.05, 0) is 57.0 Å². The molecule has 0 aromatic heterocycles. The van der Waals surface area contributed by atoms with Crippen LogP contribution in [0.15, 0.2) is 0 Å². The molecule has 2 aliphatic rings. The fourth-order valence-corrected chi connectivity index (χ4v) is 4.38. The van der Waals surface area contributed by atoms with Crippen LogP contribution in [0.2, 0.25) is 0 Å². The molecular formula is C16H30N2OS. The highest BCUT2D eigenvalue weighted by Gasteiger charge is 2.30. The first-order valence-corrected chi connectivity index (χ1v) is 9.11. The molecule has 2 rings (SSSR count). The minimum Gasteiger partial charge on any atom is -0.342 e. The second kappa shape index (κ2) is 7.17. The predicted molar refractivity (Wildman–Crippen MR) is 87.2 cm³/mol. The third kappa shape index (κ3) is 4.66. The third-order valence-electron chi connectivity index (χ3n) is 4.98. The Bertz CT molecular complexity index is 316. The summed E-state index contributed by atoms with van der Waals surface area (Å²) in [6.45, 7) is 6.91. The minimum atomic E-state index is 0.332. The Morgan fingerprint density at radius 3 is 2.40 bits per heavy atom. The predicted octanol–water partition coefficient (Wildman–Crippen LogP) is 2.90. The Kier molecular flexibility index (Phi) is 5.79. The van der Waals surface area contributed by atoms with Gasteiger partial charge in [0.25, 0.3) is 0 Å². The van der Waals surface area contributed by atoms with Crippen molar-refractivity contribution < 1.29 is 4.79 Å². The first-order valence-electron chi connectivity index (χ1n) is 8.06. The summed E-state index contributed by atoms with van der Waals surface area (Å²) in [7, 11) is 2.01. The van der Waals surface area contributed by atoms with E-state index in [1.54, 1.807) is 0 Å². The quantitative estimate of drug-likeness (QED) is 0.866. The lowest BCUT2D eigenvalue weighted by Gasteiger charge is -2.38. The van der Waals surface area contributed by atoms with Crippen LogP contribution in [-0.2, 0) is 4.79 Å². The van der Waals surface area contributed by atoms with Crippen LogP contribution in [0.3, 0.4) is 0 Å². The van der Waals surface area contributed by atoms with Gasteiger partial charge in [-0.1, -0.05) is 13.8 Å². The molecule has 116 valence electrons. The number of carbonyl (C=O) groups excluding carboxylic acids is 1. The van der Waals surface area contributed by atoms with E-state index in [-0.39, 0.29) is 0 Å². The largest absolute Gasteiger partial charge is 0.342 e. The van der Waals surface area contributed by atoms with Crippen molar-refractivity contribution in [1.29, 1.82) is 0 Å². The molecule has 1 heterocycles. The lowest BCUT2D eigenvalue weighted by Crippen LogP contribution is -2.42. The smallest absolute Gasteiger partial charge is 0.232 e. The highest BCUT2D eigenvalue weighted by Crippen LogP contribution is 2.36. The monoisotopic (exact) mass is 298 g/mol. The molecule has 1 amide bonds. The van der Waals surface area contributed by atoms with E-state index in [2.05, 4.69) is 19.2 Å². The molecule has 0 unspecified atom stereocenters. The van der Waals surface area contributed by atoms with Crippen molar-refractivity contribution >= 4 is 17.7 Å². The van der Waals surface area contributed by atoms with E-state index in [4.69, 9.17) is 0 Å². The van der Waals surface area contributed by atoms with Gasteiger partial charge in [-0.15, -0.1) is 11.8 Å². The van der Waals surface area contributed by atoms with Crippen LogP contribution in [0.4, 0.5) is 0 Å². The van der Waals surface area contributed by atoms with E-state index in [1.807, 2.05) is 23.7 Å². The van der Waals surface area contributed by atoms with Crippen molar-refractivity contribution in [2.75, 3.05) is 25.9 Å². The Labute approximate surface area is 128 Å². The van der Waals surface area contributed by atoms with Gasteiger partial charge in [0.1, 0.15) is 0 Å². The van der Waals surface area contributed by atoms with Crippen molar-refractivity contribution in [3.63, 3.8) is 0 Å².